The summed E-state index contributed by atoms with van der Waals surface area (Å²) in [7, 11) is 0. The molecule has 1 atom stereocenters. The summed E-state index contributed by atoms with van der Waals surface area (Å²) in [5.41, 5.74) is 1.18. The summed E-state index contributed by atoms with van der Waals surface area (Å²) in [5, 5.41) is 0. The predicted octanol–water partition coefficient (Wildman–Crippen LogP) is 1.62. The van der Waals surface area contributed by atoms with Gasteiger partial charge in [0.1, 0.15) is 0 Å². The molecule has 0 radical (unpaired) electrons. The molecule has 18 heavy (non-hydrogen) atoms. The highest BCUT2D eigenvalue weighted by Gasteiger charge is 2.26. The Morgan fingerprint density at radius 1 is 1.44 bits per heavy atom. The molecule has 0 bridgehead atoms. The standard InChI is InChI=1S/C14H19NO3/c1-2-18-14(16)10-15-8-9-17-11-13(15)12-6-4-3-5-7-12/h3-7,13H,2,8-11H2,1H3. The number of nitrogens with zero attached hydrogens (tertiary/aromatic N) is 1. The highest BCUT2D eigenvalue weighted by molar-refractivity contribution is 5.71. The first-order chi connectivity index (χ1) is 8.81. The van der Waals surface area contributed by atoms with Gasteiger partial charge in [-0.25, -0.2) is 0 Å². The third kappa shape index (κ3) is 3.31. The van der Waals surface area contributed by atoms with E-state index in [9.17, 15) is 4.79 Å². The maximum atomic E-state index is 11.6. The number of carbonyl (C=O) groups excluding carboxylic acids is 1. The second-order valence-corrected chi connectivity index (χ2v) is 4.28. The maximum absolute atomic E-state index is 11.6. The van der Waals surface area contributed by atoms with Crippen LogP contribution in [0.15, 0.2) is 30.3 Å². The molecule has 1 unspecified atom stereocenters. The highest BCUT2D eigenvalue weighted by atomic mass is 16.5. The fraction of sp³-hybridized carbons (Fsp3) is 0.500. The van der Waals surface area contributed by atoms with Gasteiger partial charge >= 0.3 is 5.97 Å². The molecule has 2 rings (SSSR count). The monoisotopic (exact) mass is 249 g/mol. The molecule has 1 aromatic carbocycles. The molecule has 1 saturated heterocycles. The molecule has 0 aliphatic carbocycles. The van der Waals surface area contributed by atoms with Gasteiger partial charge in [0.25, 0.3) is 0 Å². The molecule has 98 valence electrons. The number of morpholine rings is 1. The Morgan fingerprint density at radius 3 is 2.94 bits per heavy atom. The van der Waals surface area contributed by atoms with Gasteiger partial charge in [-0.1, -0.05) is 30.3 Å². The second kappa shape index (κ2) is 6.52. The Hall–Kier alpha value is -1.39. The second-order valence-electron chi connectivity index (χ2n) is 4.28. The summed E-state index contributed by atoms with van der Waals surface area (Å²) in [6.07, 6.45) is 0. The van der Waals surface area contributed by atoms with Crippen molar-refractivity contribution < 1.29 is 14.3 Å². The van der Waals surface area contributed by atoms with Crippen LogP contribution in [0.4, 0.5) is 0 Å². The van der Waals surface area contributed by atoms with E-state index in [4.69, 9.17) is 9.47 Å². The van der Waals surface area contributed by atoms with Gasteiger partial charge in [0.05, 0.1) is 32.4 Å². The van der Waals surface area contributed by atoms with Crippen LogP contribution in [0.3, 0.4) is 0 Å². The molecular weight excluding hydrogens is 230 g/mol. The van der Waals surface area contributed by atoms with Crippen molar-refractivity contribution in [2.24, 2.45) is 0 Å². The number of rotatable bonds is 4. The summed E-state index contributed by atoms with van der Waals surface area (Å²) >= 11 is 0. The van der Waals surface area contributed by atoms with Crippen LogP contribution in [-0.4, -0.2) is 43.8 Å². The smallest absolute Gasteiger partial charge is 0.320 e. The fourth-order valence-corrected chi connectivity index (χ4v) is 2.18. The van der Waals surface area contributed by atoms with E-state index < -0.39 is 0 Å². The lowest BCUT2D eigenvalue weighted by Gasteiger charge is -2.35. The Balaban J connectivity index is 2.04. The Bertz CT molecular complexity index is 380. The molecule has 0 spiro atoms. The first kappa shape index (κ1) is 13.1. The van der Waals surface area contributed by atoms with E-state index in [0.29, 0.717) is 26.4 Å². The quantitative estimate of drug-likeness (QED) is 0.760. The van der Waals surface area contributed by atoms with Gasteiger partial charge in [-0.15, -0.1) is 0 Å². The van der Waals surface area contributed by atoms with Crippen LogP contribution >= 0.6 is 0 Å². The van der Waals surface area contributed by atoms with E-state index in [2.05, 4.69) is 17.0 Å². The van der Waals surface area contributed by atoms with Crippen LogP contribution in [0, 0.1) is 0 Å². The van der Waals surface area contributed by atoms with E-state index >= 15 is 0 Å². The number of benzene rings is 1. The van der Waals surface area contributed by atoms with Crippen molar-refractivity contribution in [3.05, 3.63) is 35.9 Å². The average molecular weight is 249 g/mol. The largest absolute Gasteiger partial charge is 0.465 e. The molecular formula is C14H19NO3. The third-order valence-corrected chi connectivity index (χ3v) is 3.06. The average Bonchev–Trinajstić information content (AvgIpc) is 2.40. The van der Waals surface area contributed by atoms with Crippen LogP contribution in [0.2, 0.25) is 0 Å². The summed E-state index contributed by atoms with van der Waals surface area (Å²) in [6, 6.07) is 10.3. The summed E-state index contributed by atoms with van der Waals surface area (Å²) in [6.45, 7) is 4.65. The van der Waals surface area contributed by atoms with Gasteiger partial charge in [-0.2, -0.15) is 0 Å². The molecule has 1 aliphatic heterocycles. The topological polar surface area (TPSA) is 38.8 Å². The van der Waals surface area contributed by atoms with Crippen molar-refractivity contribution in [3.63, 3.8) is 0 Å². The lowest BCUT2D eigenvalue weighted by Crippen LogP contribution is -2.42. The molecule has 0 aromatic heterocycles. The normalized spacial score (nSPS) is 20.6. The van der Waals surface area contributed by atoms with Crippen molar-refractivity contribution in [1.29, 1.82) is 0 Å². The van der Waals surface area contributed by atoms with Gasteiger partial charge in [0.15, 0.2) is 0 Å². The first-order valence-electron chi connectivity index (χ1n) is 6.33. The first-order valence-corrected chi connectivity index (χ1v) is 6.33. The van der Waals surface area contributed by atoms with Gasteiger partial charge in [0.2, 0.25) is 0 Å². The minimum absolute atomic E-state index is 0.143. The number of ether oxygens (including phenoxy) is 2. The Kier molecular flexibility index (Phi) is 4.73. The van der Waals surface area contributed by atoms with E-state index in [-0.39, 0.29) is 12.0 Å². The molecule has 1 fully saturated rings. The van der Waals surface area contributed by atoms with E-state index in [0.717, 1.165) is 6.54 Å². The molecule has 0 amide bonds. The van der Waals surface area contributed by atoms with Gasteiger partial charge < -0.3 is 9.47 Å². The van der Waals surface area contributed by atoms with Gasteiger partial charge in [-0.05, 0) is 12.5 Å². The molecule has 4 nitrogen and oxygen atoms in total. The molecule has 0 saturated carbocycles. The zero-order chi connectivity index (χ0) is 12.8. The number of hydrogen-bond donors (Lipinski definition) is 0. The van der Waals surface area contributed by atoms with Crippen molar-refractivity contribution in [3.8, 4) is 0 Å². The van der Waals surface area contributed by atoms with Crippen molar-refractivity contribution in [2.45, 2.75) is 13.0 Å². The van der Waals surface area contributed by atoms with E-state index in [1.165, 1.54) is 5.56 Å². The number of esters is 1. The van der Waals surface area contributed by atoms with Crippen LogP contribution < -0.4 is 0 Å². The van der Waals surface area contributed by atoms with Gasteiger partial charge in [0, 0.05) is 6.54 Å². The number of carbonyl (C=O) groups is 1. The van der Waals surface area contributed by atoms with Crippen LogP contribution in [-0.2, 0) is 14.3 Å². The summed E-state index contributed by atoms with van der Waals surface area (Å²) in [4.78, 5) is 13.7. The van der Waals surface area contributed by atoms with Crippen LogP contribution in [0.5, 0.6) is 0 Å². The summed E-state index contributed by atoms with van der Waals surface area (Å²) in [5.74, 6) is -0.166. The lowest BCUT2D eigenvalue weighted by molar-refractivity contribution is -0.146. The molecule has 1 aliphatic rings. The van der Waals surface area contributed by atoms with Crippen LogP contribution in [0.25, 0.3) is 0 Å². The SMILES string of the molecule is CCOC(=O)CN1CCOCC1c1ccccc1. The highest BCUT2D eigenvalue weighted by Crippen LogP contribution is 2.23. The zero-order valence-corrected chi connectivity index (χ0v) is 10.7. The Morgan fingerprint density at radius 2 is 2.22 bits per heavy atom. The minimum Gasteiger partial charge on any atom is -0.465 e. The maximum Gasteiger partial charge on any atom is 0.320 e. The lowest BCUT2D eigenvalue weighted by atomic mass is 10.1. The van der Waals surface area contributed by atoms with Crippen molar-refractivity contribution >= 4 is 5.97 Å². The van der Waals surface area contributed by atoms with Crippen molar-refractivity contribution in [1.82, 2.24) is 4.90 Å². The minimum atomic E-state index is -0.166. The molecule has 4 heteroatoms. The van der Waals surface area contributed by atoms with Crippen LogP contribution in [0.1, 0.15) is 18.5 Å². The van der Waals surface area contributed by atoms with E-state index in [1.54, 1.807) is 0 Å². The third-order valence-electron chi connectivity index (χ3n) is 3.06. The van der Waals surface area contributed by atoms with Crippen molar-refractivity contribution in [2.75, 3.05) is 32.9 Å². The summed E-state index contributed by atoms with van der Waals surface area (Å²) < 4.78 is 10.5. The molecule has 0 N–H and O–H groups in total. The van der Waals surface area contributed by atoms with E-state index in [1.807, 2.05) is 25.1 Å². The predicted molar refractivity (Wildman–Crippen MR) is 68.2 cm³/mol. The molecule has 1 aromatic rings. The number of hydrogen-bond acceptors (Lipinski definition) is 4. The fourth-order valence-electron chi connectivity index (χ4n) is 2.18. The van der Waals surface area contributed by atoms with Gasteiger partial charge in [-0.3, -0.25) is 9.69 Å². The molecule has 1 heterocycles. The zero-order valence-electron chi connectivity index (χ0n) is 10.7. The Labute approximate surface area is 107 Å².